The van der Waals surface area contributed by atoms with E-state index in [-0.39, 0.29) is 0 Å². The van der Waals surface area contributed by atoms with Crippen LogP contribution in [-0.2, 0) is 18.2 Å². The zero-order valence-electron chi connectivity index (χ0n) is 9.97. The molecule has 1 aromatic carbocycles. The molecule has 1 aliphatic rings. The van der Waals surface area contributed by atoms with Crippen LogP contribution in [0.5, 0.6) is 0 Å². The van der Waals surface area contributed by atoms with Crippen molar-refractivity contribution in [2.75, 3.05) is 13.2 Å². The van der Waals surface area contributed by atoms with Crippen LogP contribution in [0.4, 0.5) is 0 Å². The minimum Gasteiger partial charge on any atom is -0.381 e. The van der Waals surface area contributed by atoms with E-state index < -0.39 is 0 Å². The Labute approximate surface area is 101 Å². The van der Waals surface area contributed by atoms with Gasteiger partial charge in [-0.25, -0.2) is 4.98 Å². The Balaban J connectivity index is 1.94. The summed E-state index contributed by atoms with van der Waals surface area (Å²) in [6.07, 6.45) is 2.92. The van der Waals surface area contributed by atoms with Gasteiger partial charge in [-0.15, -0.1) is 0 Å². The highest BCUT2D eigenvalue weighted by Gasteiger charge is 2.22. The quantitative estimate of drug-likeness (QED) is 0.805. The highest BCUT2D eigenvalue weighted by atomic mass is 16.5. The van der Waals surface area contributed by atoms with Crippen molar-refractivity contribution < 1.29 is 4.74 Å². The molecule has 3 rings (SSSR count). The molecule has 2 heterocycles. The highest BCUT2D eigenvalue weighted by Crippen LogP contribution is 2.26. The lowest BCUT2D eigenvalue weighted by molar-refractivity contribution is -0.0315. The van der Waals surface area contributed by atoms with Crippen molar-refractivity contribution in [3.8, 4) is 11.3 Å². The maximum absolute atomic E-state index is 5.22. The van der Waals surface area contributed by atoms with Crippen molar-refractivity contribution in [2.24, 2.45) is 13.0 Å². The fourth-order valence-electron chi connectivity index (χ4n) is 2.27. The predicted molar refractivity (Wildman–Crippen MR) is 66.7 cm³/mol. The van der Waals surface area contributed by atoms with Crippen LogP contribution in [0.3, 0.4) is 0 Å². The number of hydrogen-bond acceptors (Lipinski definition) is 2. The van der Waals surface area contributed by atoms with Crippen LogP contribution in [0.15, 0.2) is 36.7 Å². The summed E-state index contributed by atoms with van der Waals surface area (Å²) in [5.41, 5.74) is 3.66. The van der Waals surface area contributed by atoms with Crippen molar-refractivity contribution >= 4 is 0 Å². The normalized spacial score (nSPS) is 15.8. The lowest BCUT2D eigenvalue weighted by Crippen LogP contribution is -2.29. The number of aromatic nitrogens is 2. The van der Waals surface area contributed by atoms with Crippen LogP contribution in [0.2, 0.25) is 0 Å². The third-order valence-electron chi connectivity index (χ3n) is 3.25. The molecule has 0 N–H and O–H groups in total. The van der Waals surface area contributed by atoms with Crippen molar-refractivity contribution in [2.45, 2.75) is 6.42 Å². The molecule has 0 amide bonds. The smallest absolute Gasteiger partial charge is 0.0951 e. The lowest BCUT2D eigenvalue weighted by Gasteiger charge is -2.25. The van der Waals surface area contributed by atoms with Crippen molar-refractivity contribution in [1.82, 2.24) is 9.55 Å². The van der Waals surface area contributed by atoms with E-state index in [2.05, 4.69) is 40.9 Å². The maximum atomic E-state index is 5.22. The van der Waals surface area contributed by atoms with Gasteiger partial charge >= 0.3 is 0 Å². The standard InChI is InChI=1S/C14H16N2O/c1-16-10-15-13(7-11-8-17-9-11)14(16)12-5-3-2-4-6-12/h2-6,10-11H,7-9H2,1H3. The highest BCUT2D eigenvalue weighted by molar-refractivity contribution is 5.62. The molecule has 1 saturated heterocycles. The van der Waals surface area contributed by atoms with Crippen molar-refractivity contribution in [3.05, 3.63) is 42.4 Å². The van der Waals surface area contributed by atoms with Gasteiger partial charge in [0.25, 0.3) is 0 Å². The molecule has 0 spiro atoms. The summed E-state index contributed by atoms with van der Waals surface area (Å²) in [4.78, 5) is 4.52. The minimum absolute atomic E-state index is 0.646. The first-order valence-corrected chi connectivity index (χ1v) is 5.98. The topological polar surface area (TPSA) is 27.1 Å². The van der Waals surface area contributed by atoms with E-state index in [1.807, 2.05) is 12.4 Å². The molecule has 0 atom stereocenters. The first kappa shape index (κ1) is 10.5. The van der Waals surface area contributed by atoms with E-state index in [0.29, 0.717) is 5.92 Å². The first-order valence-electron chi connectivity index (χ1n) is 5.98. The molecule has 3 heteroatoms. The summed E-state index contributed by atoms with van der Waals surface area (Å²) >= 11 is 0. The molecule has 1 fully saturated rings. The number of rotatable bonds is 3. The van der Waals surface area contributed by atoms with Crippen LogP contribution in [0.1, 0.15) is 5.69 Å². The van der Waals surface area contributed by atoms with Gasteiger partial charge in [0.1, 0.15) is 0 Å². The average Bonchev–Trinajstić information content (AvgIpc) is 2.66. The van der Waals surface area contributed by atoms with Crippen LogP contribution < -0.4 is 0 Å². The molecule has 88 valence electrons. The molecule has 1 aromatic heterocycles. The Bertz CT molecular complexity index is 500. The number of nitrogens with zero attached hydrogens (tertiary/aromatic N) is 2. The van der Waals surface area contributed by atoms with E-state index in [0.717, 1.165) is 19.6 Å². The maximum Gasteiger partial charge on any atom is 0.0951 e. The Hall–Kier alpha value is -1.61. The van der Waals surface area contributed by atoms with Gasteiger partial charge in [0.15, 0.2) is 0 Å². The number of hydrogen-bond donors (Lipinski definition) is 0. The zero-order valence-corrected chi connectivity index (χ0v) is 9.97. The largest absolute Gasteiger partial charge is 0.381 e. The molecule has 0 bridgehead atoms. The number of aryl methyl sites for hydroxylation is 1. The third-order valence-corrected chi connectivity index (χ3v) is 3.25. The van der Waals surface area contributed by atoms with Gasteiger partial charge in [-0.05, 0) is 6.42 Å². The minimum atomic E-state index is 0.646. The van der Waals surface area contributed by atoms with Crippen LogP contribution in [0, 0.1) is 5.92 Å². The second-order valence-corrected chi connectivity index (χ2v) is 4.62. The molecule has 0 saturated carbocycles. The van der Waals surface area contributed by atoms with Gasteiger partial charge in [0.2, 0.25) is 0 Å². The number of imidazole rings is 1. The predicted octanol–water partition coefficient (Wildman–Crippen LogP) is 2.28. The van der Waals surface area contributed by atoms with Crippen molar-refractivity contribution in [3.63, 3.8) is 0 Å². The summed E-state index contributed by atoms with van der Waals surface area (Å²) in [6, 6.07) is 10.5. The summed E-state index contributed by atoms with van der Waals surface area (Å²) in [7, 11) is 2.05. The van der Waals surface area contributed by atoms with Crippen LogP contribution in [0.25, 0.3) is 11.3 Å². The van der Waals surface area contributed by atoms with Gasteiger partial charge in [-0.3, -0.25) is 0 Å². The van der Waals surface area contributed by atoms with E-state index in [9.17, 15) is 0 Å². The summed E-state index contributed by atoms with van der Waals surface area (Å²) in [5, 5.41) is 0. The average molecular weight is 228 g/mol. The number of benzene rings is 1. The van der Waals surface area contributed by atoms with E-state index in [1.54, 1.807) is 0 Å². The van der Waals surface area contributed by atoms with E-state index >= 15 is 0 Å². The molecule has 0 aliphatic carbocycles. The lowest BCUT2D eigenvalue weighted by atomic mass is 9.98. The fraction of sp³-hybridized carbons (Fsp3) is 0.357. The summed E-state index contributed by atoms with van der Waals surface area (Å²) < 4.78 is 7.33. The Kier molecular flexibility index (Phi) is 2.69. The van der Waals surface area contributed by atoms with Crippen LogP contribution in [-0.4, -0.2) is 22.8 Å². The second-order valence-electron chi connectivity index (χ2n) is 4.62. The molecule has 0 unspecified atom stereocenters. The summed E-state index contributed by atoms with van der Waals surface area (Å²) in [6.45, 7) is 1.76. The molecule has 2 aromatic rings. The molecule has 1 aliphatic heterocycles. The molecule has 0 radical (unpaired) electrons. The molecular formula is C14H16N2O. The molecular weight excluding hydrogens is 212 g/mol. The Morgan fingerprint density at radius 2 is 2.06 bits per heavy atom. The molecule has 17 heavy (non-hydrogen) atoms. The van der Waals surface area contributed by atoms with Gasteiger partial charge < -0.3 is 9.30 Å². The third kappa shape index (κ3) is 1.98. The summed E-state index contributed by atoms with van der Waals surface area (Å²) in [5.74, 6) is 0.646. The van der Waals surface area contributed by atoms with Gasteiger partial charge in [0, 0.05) is 18.5 Å². The Morgan fingerprint density at radius 1 is 1.29 bits per heavy atom. The number of ether oxygens (including phenoxy) is 1. The second kappa shape index (κ2) is 4.34. The molecule has 3 nitrogen and oxygen atoms in total. The van der Waals surface area contributed by atoms with Gasteiger partial charge in [0.05, 0.1) is 30.9 Å². The monoisotopic (exact) mass is 228 g/mol. The van der Waals surface area contributed by atoms with Crippen molar-refractivity contribution in [1.29, 1.82) is 0 Å². The Morgan fingerprint density at radius 3 is 2.71 bits per heavy atom. The fourth-order valence-corrected chi connectivity index (χ4v) is 2.27. The van der Waals surface area contributed by atoms with Gasteiger partial charge in [-0.1, -0.05) is 30.3 Å². The van der Waals surface area contributed by atoms with E-state index in [1.165, 1.54) is 17.0 Å². The SMILES string of the molecule is Cn1cnc(CC2COC2)c1-c1ccccc1. The zero-order chi connectivity index (χ0) is 11.7. The van der Waals surface area contributed by atoms with Gasteiger partial charge in [-0.2, -0.15) is 0 Å². The van der Waals surface area contributed by atoms with E-state index in [4.69, 9.17) is 4.74 Å². The first-order chi connectivity index (χ1) is 8.34. The van der Waals surface area contributed by atoms with Crippen LogP contribution >= 0.6 is 0 Å².